The van der Waals surface area contributed by atoms with Gasteiger partial charge in [-0.25, -0.2) is 13.2 Å². The molecule has 0 saturated heterocycles. The van der Waals surface area contributed by atoms with E-state index >= 15 is 0 Å². The van der Waals surface area contributed by atoms with Gasteiger partial charge in [0.05, 0.1) is 40.9 Å². The first-order chi connectivity index (χ1) is 23.3. The molecule has 4 atom stereocenters. The van der Waals surface area contributed by atoms with E-state index in [0.717, 1.165) is 18.4 Å². The van der Waals surface area contributed by atoms with Gasteiger partial charge < -0.3 is 24.6 Å². The highest BCUT2D eigenvalue weighted by atomic mass is 35.5. The number of hydrogen-bond donors (Lipinski definition) is 3. The van der Waals surface area contributed by atoms with Crippen LogP contribution in [-0.4, -0.2) is 91.9 Å². The molecule has 0 spiro atoms. The van der Waals surface area contributed by atoms with Crippen LogP contribution in [0.3, 0.4) is 0 Å². The summed E-state index contributed by atoms with van der Waals surface area (Å²) in [6, 6.07) is 16.6. The highest BCUT2D eigenvalue weighted by Gasteiger charge is 2.31. The molecule has 0 saturated carbocycles. The quantitative estimate of drug-likeness (QED) is 0.238. The molecule has 1 heterocycles. The smallest absolute Gasteiger partial charge is 0.335 e. The van der Waals surface area contributed by atoms with Gasteiger partial charge in [0, 0.05) is 42.9 Å². The summed E-state index contributed by atoms with van der Waals surface area (Å²) in [5.74, 6) is -1.22. The average molecular weight is 716 g/mol. The maximum atomic E-state index is 14.4. The highest BCUT2D eigenvalue weighted by molar-refractivity contribution is 7.92. The number of nitrogens with zero attached hydrogens (tertiary/aromatic N) is 2. The van der Waals surface area contributed by atoms with E-state index in [1.807, 2.05) is 20.9 Å². The SMILES string of the molecule is C[C@@H]1CCCCO[C@@H](CN(C)Cc2ccc(C(=O)O)cc2)[C@@H](C)CN([C@@H](C)CO)C(=O)c2cc(NS(=O)(=O)c3ccc(Cl)cc3)ccc2O1. The van der Waals surface area contributed by atoms with Gasteiger partial charge in [0.2, 0.25) is 0 Å². The Morgan fingerprint density at radius 2 is 1.78 bits per heavy atom. The Kier molecular flexibility index (Phi) is 13.5. The number of nitrogens with one attached hydrogen (secondary N) is 1. The third-order valence-corrected chi connectivity index (χ3v) is 10.2. The molecule has 0 fully saturated rings. The van der Waals surface area contributed by atoms with Crippen LogP contribution in [0.2, 0.25) is 5.02 Å². The molecule has 1 aliphatic rings. The number of carboxylic acid groups (broad SMARTS) is 1. The summed E-state index contributed by atoms with van der Waals surface area (Å²) in [6.45, 7) is 7.30. The van der Waals surface area contributed by atoms with Crippen LogP contribution < -0.4 is 9.46 Å². The topological polar surface area (TPSA) is 146 Å². The van der Waals surface area contributed by atoms with Crippen LogP contribution >= 0.6 is 11.6 Å². The minimum absolute atomic E-state index is 0.0193. The molecule has 0 bridgehead atoms. The van der Waals surface area contributed by atoms with Crippen LogP contribution in [-0.2, 0) is 21.3 Å². The van der Waals surface area contributed by atoms with E-state index in [4.69, 9.17) is 21.1 Å². The van der Waals surface area contributed by atoms with Gasteiger partial charge in [0.1, 0.15) is 5.75 Å². The number of anilines is 1. The number of aliphatic hydroxyl groups excluding tert-OH is 1. The van der Waals surface area contributed by atoms with Crippen LogP contribution in [0.4, 0.5) is 5.69 Å². The monoisotopic (exact) mass is 715 g/mol. The average Bonchev–Trinajstić information content (AvgIpc) is 3.06. The van der Waals surface area contributed by atoms with Crippen molar-refractivity contribution in [1.82, 2.24) is 9.80 Å². The number of benzene rings is 3. The number of sulfonamides is 1. The van der Waals surface area contributed by atoms with Crippen molar-refractivity contribution in [2.75, 3.05) is 38.1 Å². The van der Waals surface area contributed by atoms with E-state index in [-0.39, 0.29) is 53.0 Å². The van der Waals surface area contributed by atoms with Crippen LogP contribution in [0.1, 0.15) is 66.3 Å². The van der Waals surface area contributed by atoms with Crippen LogP contribution in [0.25, 0.3) is 0 Å². The largest absolute Gasteiger partial charge is 0.490 e. The number of carboxylic acids is 1. The number of halogens is 1. The summed E-state index contributed by atoms with van der Waals surface area (Å²) in [4.78, 5) is 29.4. The molecule has 3 aromatic rings. The van der Waals surface area contributed by atoms with E-state index in [1.165, 1.54) is 30.3 Å². The Balaban J connectivity index is 1.62. The Hall–Kier alpha value is -3.68. The molecule has 0 unspecified atom stereocenters. The molecule has 3 aromatic carbocycles. The van der Waals surface area contributed by atoms with Gasteiger partial charge in [-0.15, -0.1) is 0 Å². The van der Waals surface area contributed by atoms with Crippen molar-refractivity contribution in [3.63, 3.8) is 0 Å². The highest BCUT2D eigenvalue weighted by Crippen LogP contribution is 2.30. The second-order valence-corrected chi connectivity index (χ2v) is 14.9. The number of rotatable bonds is 10. The molecule has 11 nitrogen and oxygen atoms in total. The van der Waals surface area contributed by atoms with Gasteiger partial charge >= 0.3 is 5.97 Å². The Labute approximate surface area is 293 Å². The number of hydrogen-bond acceptors (Lipinski definition) is 8. The molecule has 0 aliphatic carbocycles. The third kappa shape index (κ3) is 10.7. The van der Waals surface area contributed by atoms with E-state index < -0.39 is 27.9 Å². The molecule has 266 valence electrons. The first-order valence-corrected chi connectivity index (χ1v) is 18.3. The number of fused-ring (bicyclic) bond motifs is 1. The number of aliphatic hydroxyl groups is 1. The maximum absolute atomic E-state index is 14.4. The van der Waals surface area contributed by atoms with E-state index in [0.29, 0.717) is 36.9 Å². The second kappa shape index (κ2) is 17.3. The summed E-state index contributed by atoms with van der Waals surface area (Å²) in [7, 11) is -2.02. The third-order valence-electron chi connectivity index (χ3n) is 8.57. The first-order valence-electron chi connectivity index (χ1n) is 16.4. The lowest BCUT2D eigenvalue weighted by atomic mass is 10.0. The number of carbonyl (C=O) groups is 2. The normalized spacial score (nSPS) is 20.2. The van der Waals surface area contributed by atoms with Gasteiger partial charge in [-0.05, 0) is 100 Å². The van der Waals surface area contributed by atoms with Crippen molar-refractivity contribution in [2.45, 2.75) is 69.7 Å². The summed E-state index contributed by atoms with van der Waals surface area (Å²) in [5.41, 5.74) is 1.54. The van der Waals surface area contributed by atoms with E-state index in [1.54, 1.807) is 48.2 Å². The lowest BCUT2D eigenvalue weighted by Crippen LogP contribution is -2.47. The minimum atomic E-state index is -3.99. The maximum Gasteiger partial charge on any atom is 0.335 e. The fourth-order valence-corrected chi connectivity index (χ4v) is 6.89. The zero-order chi connectivity index (χ0) is 35.7. The fourth-order valence-electron chi connectivity index (χ4n) is 5.71. The molecule has 1 amide bonds. The van der Waals surface area contributed by atoms with Gasteiger partial charge in [-0.1, -0.05) is 30.7 Å². The van der Waals surface area contributed by atoms with Crippen LogP contribution in [0, 0.1) is 5.92 Å². The number of aromatic carboxylic acids is 1. The van der Waals surface area contributed by atoms with Crippen molar-refractivity contribution in [3.8, 4) is 5.75 Å². The number of ether oxygens (including phenoxy) is 2. The van der Waals surface area contributed by atoms with Crippen LogP contribution in [0.15, 0.2) is 71.6 Å². The molecule has 4 rings (SSSR count). The molecule has 0 radical (unpaired) electrons. The molecule has 49 heavy (non-hydrogen) atoms. The summed E-state index contributed by atoms with van der Waals surface area (Å²) >= 11 is 5.95. The molecule has 13 heteroatoms. The molecular formula is C36H46ClN3O8S. The van der Waals surface area contributed by atoms with Crippen LogP contribution in [0.5, 0.6) is 5.75 Å². The lowest BCUT2D eigenvalue weighted by molar-refractivity contribution is -0.0177. The fraction of sp³-hybridized carbons (Fsp3) is 0.444. The molecule has 0 aromatic heterocycles. The van der Waals surface area contributed by atoms with Gasteiger partial charge in [-0.2, -0.15) is 0 Å². The van der Waals surface area contributed by atoms with Crippen molar-refractivity contribution in [2.24, 2.45) is 5.92 Å². The molecular weight excluding hydrogens is 670 g/mol. The van der Waals surface area contributed by atoms with Crippen molar-refractivity contribution < 1.29 is 37.7 Å². The van der Waals surface area contributed by atoms with Gasteiger partial charge in [0.25, 0.3) is 15.9 Å². The van der Waals surface area contributed by atoms with Crippen molar-refractivity contribution >= 4 is 39.2 Å². The zero-order valence-corrected chi connectivity index (χ0v) is 29.9. The number of likely N-dealkylation sites (N-methyl/N-ethyl adjacent to an activating group) is 1. The Bertz CT molecular complexity index is 1670. The zero-order valence-electron chi connectivity index (χ0n) is 28.3. The second-order valence-electron chi connectivity index (χ2n) is 12.8. The summed E-state index contributed by atoms with van der Waals surface area (Å²) in [6.07, 6.45) is 1.86. The van der Waals surface area contributed by atoms with Crippen molar-refractivity contribution in [1.29, 1.82) is 0 Å². The first kappa shape index (κ1) is 38.1. The Morgan fingerprint density at radius 1 is 1.08 bits per heavy atom. The van der Waals surface area contributed by atoms with E-state index in [2.05, 4.69) is 9.62 Å². The molecule has 3 N–H and O–H groups in total. The van der Waals surface area contributed by atoms with E-state index in [9.17, 15) is 28.2 Å². The lowest BCUT2D eigenvalue weighted by Gasteiger charge is -2.36. The number of carbonyl (C=O) groups excluding carboxylic acids is 1. The van der Waals surface area contributed by atoms with Gasteiger partial charge in [-0.3, -0.25) is 14.4 Å². The van der Waals surface area contributed by atoms with Crippen molar-refractivity contribution in [3.05, 3.63) is 88.4 Å². The number of amides is 1. The predicted molar refractivity (Wildman–Crippen MR) is 189 cm³/mol. The summed E-state index contributed by atoms with van der Waals surface area (Å²) < 4.78 is 41.6. The van der Waals surface area contributed by atoms with Gasteiger partial charge in [0.15, 0.2) is 0 Å². The summed E-state index contributed by atoms with van der Waals surface area (Å²) in [5, 5.41) is 19.9. The minimum Gasteiger partial charge on any atom is -0.490 e. The molecule has 1 aliphatic heterocycles. The predicted octanol–water partition coefficient (Wildman–Crippen LogP) is 5.77. The standard InChI is InChI=1S/C36H46ClN3O8S/c1-24-20-40(25(2)23-41)35(42)32-19-30(38-49(45,46)31-15-12-29(37)13-16-31)14-17-33(32)48-26(3)7-5-6-18-47-34(24)22-39(4)21-27-8-10-28(11-9-27)36(43)44/h8-17,19,24-26,34,38,41H,5-7,18,20-23H2,1-4H3,(H,43,44)/t24-,25-,26+,34-/m0/s1. The Morgan fingerprint density at radius 3 is 2.43 bits per heavy atom.